The number of anilines is 2. The lowest BCUT2D eigenvalue weighted by atomic mass is 10.0. The van der Waals surface area contributed by atoms with E-state index < -0.39 is 0 Å². The molecule has 1 aliphatic rings. The molecule has 0 aliphatic carbocycles. The summed E-state index contributed by atoms with van der Waals surface area (Å²) in [5.41, 5.74) is 9.31. The van der Waals surface area contributed by atoms with Gasteiger partial charge in [0.25, 0.3) is 0 Å². The first-order chi connectivity index (χ1) is 10.2. The summed E-state index contributed by atoms with van der Waals surface area (Å²) >= 11 is 6.09. The minimum Gasteiger partial charge on any atom is -0.490 e. The second-order valence-corrected chi connectivity index (χ2v) is 5.66. The summed E-state index contributed by atoms with van der Waals surface area (Å²) < 4.78 is 5.78. The van der Waals surface area contributed by atoms with E-state index in [0.717, 1.165) is 37.4 Å². The third-order valence-electron chi connectivity index (χ3n) is 3.77. The van der Waals surface area contributed by atoms with Gasteiger partial charge in [0.15, 0.2) is 0 Å². The fraction of sp³-hybridized carbons (Fsp3) is 0.294. The summed E-state index contributed by atoms with van der Waals surface area (Å²) in [5, 5.41) is 0.657. The molecular weight excluding hydrogens is 284 g/mol. The predicted octanol–water partition coefficient (Wildman–Crippen LogP) is 3.75. The fourth-order valence-electron chi connectivity index (χ4n) is 2.75. The Morgan fingerprint density at radius 1 is 1.19 bits per heavy atom. The van der Waals surface area contributed by atoms with Gasteiger partial charge in [0.05, 0.1) is 11.6 Å². The lowest BCUT2D eigenvalue weighted by Crippen LogP contribution is -2.33. The molecule has 1 aliphatic heterocycles. The van der Waals surface area contributed by atoms with E-state index in [0.29, 0.717) is 11.6 Å². The fourth-order valence-corrected chi connectivity index (χ4v) is 2.95. The highest BCUT2D eigenvalue weighted by Gasteiger charge is 2.16. The normalized spacial score (nSPS) is 13.9. The van der Waals surface area contributed by atoms with Crippen molar-refractivity contribution in [3.05, 3.63) is 53.1 Å². The van der Waals surface area contributed by atoms with E-state index in [4.69, 9.17) is 22.1 Å². The number of halogens is 1. The molecule has 0 saturated carbocycles. The number of fused-ring (bicyclic) bond motifs is 1. The third kappa shape index (κ3) is 3.24. The van der Waals surface area contributed by atoms with E-state index in [1.54, 1.807) is 0 Å². The van der Waals surface area contributed by atoms with E-state index in [2.05, 4.69) is 17.0 Å². The monoisotopic (exact) mass is 302 g/mol. The first-order valence-corrected chi connectivity index (χ1v) is 7.62. The quantitative estimate of drug-likeness (QED) is 0.874. The number of rotatable bonds is 4. The van der Waals surface area contributed by atoms with Crippen molar-refractivity contribution >= 4 is 23.0 Å². The van der Waals surface area contributed by atoms with Crippen molar-refractivity contribution in [1.29, 1.82) is 0 Å². The van der Waals surface area contributed by atoms with Crippen LogP contribution in [0.3, 0.4) is 0 Å². The number of nitrogens with two attached hydrogens (primary N) is 1. The molecule has 1 heterocycles. The standard InChI is InChI=1S/C17H19ClN2O/c18-15-5-1-2-6-17(15)21-11-10-20-9-3-4-13-12-14(19)7-8-16(13)20/h1-2,5-8,12H,3-4,9-11,19H2. The Morgan fingerprint density at radius 2 is 2.05 bits per heavy atom. The van der Waals surface area contributed by atoms with E-state index in [1.807, 2.05) is 30.3 Å². The summed E-state index contributed by atoms with van der Waals surface area (Å²) in [6.45, 7) is 2.53. The third-order valence-corrected chi connectivity index (χ3v) is 4.09. The van der Waals surface area contributed by atoms with Gasteiger partial charge < -0.3 is 15.4 Å². The van der Waals surface area contributed by atoms with Gasteiger partial charge in [0.2, 0.25) is 0 Å². The van der Waals surface area contributed by atoms with Crippen LogP contribution in [0, 0.1) is 0 Å². The van der Waals surface area contributed by atoms with E-state index in [-0.39, 0.29) is 0 Å². The van der Waals surface area contributed by atoms with Gasteiger partial charge in [0, 0.05) is 17.9 Å². The second kappa shape index (κ2) is 6.27. The maximum atomic E-state index is 6.09. The number of nitrogen functional groups attached to an aromatic ring is 1. The summed E-state index contributed by atoms with van der Waals surface area (Å²) in [4.78, 5) is 2.36. The van der Waals surface area contributed by atoms with Crippen molar-refractivity contribution in [2.45, 2.75) is 12.8 Å². The molecule has 21 heavy (non-hydrogen) atoms. The highest BCUT2D eigenvalue weighted by atomic mass is 35.5. The molecule has 0 aromatic heterocycles. The summed E-state index contributed by atoms with van der Waals surface area (Å²) in [6.07, 6.45) is 2.25. The molecule has 0 unspecified atom stereocenters. The number of nitrogens with zero attached hydrogens (tertiary/aromatic N) is 1. The van der Waals surface area contributed by atoms with Gasteiger partial charge >= 0.3 is 0 Å². The van der Waals surface area contributed by atoms with Crippen LogP contribution < -0.4 is 15.4 Å². The van der Waals surface area contributed by atoms with Crippen LogP contribution in [-0.4, -0.2) is 19.7 Å². The topological polar surface area (TPSA) is 38.5 Å². The minimum atomic E-state index is 0.619. The van der Waals surface area contributed by atoms with Crippen LogP contribution in [0.5, 0.6) is 5.75 Å². The van der Waals surface area contributed by atoms with Gasteiger partial charge in [-0.05, 0) is 48.7 Å². The lowest BCUT2D eigenvalue weighted by molar-refractivity contribution is 0.323. The minimum absolute atomic E-state index is 0.619. The summed E-state index contributed by atoms with van der Waals surface area (Å²) in [5.74, 6) is 0.744. The van der Waals surface area contributed by atoms with Gasteiger partial charge in [-0.2, -0.15) is 0 Å². The van der Waals surface area contributed by atoms with Gasteiger partial charge in [-0.25, -0.2) is 0 Å². The molecule has 0 atom stereocenters. The number of hydrogen-bond donors (Lipinski definition) is 1. The Morgan fingerprint density at radius 3 is 2.90 bits per heavy atom. The highest BCUT2D eigenvalue weighted by Crippen LogP contribution is 2.29. The molecule has 0 amide bonds. The summed E-state index contributed by atoms with van der Waals surface area (Å²) in [6, 6.07) is 13.7. The Labute approximate surface area is 130 Å². The van der Waals surface area contributed by atoms with Gasteiger partial charge in [0.1, 0.15) is 12.4 Å². The SMILES string of the molecule is Nc1ccc2c(c1)CCCN2CCOc1ccccc1Cl. The molecule has 0 spiro atoms. The molecule has 3 nitrogen and oxygen atoms in total. The van der Waals surface area contributed by atoms with E-state index >= 15 is 0 Å². The van der Waals surface area contributed by atoms with Crippen LogP contribution >= 0.6 is 11.6 Å². The zero-order chi connectivity index (χ0) is 14.7. The summed E-state index contributed by atoms with van der Waals surface area (Å²) in [7, 11) is 0. The molecule has 0 saturated heterocycles. The molecule has 2 N–H and O–H groups in total. The predicted molar refractivity (Wildman–Crippen MR) is 88.3 cm³/mol. The molecule has 4 heteroatoms. The number of ether oxygens (including phenoxy) is 1. The Kier molecular flexibility index (Phi) is 4.20. The zero-order valence-electron chi connectivity index (χ0n) is 11.9. The number of aryl methyl sites for hydroxylation is 1. The Hall–Kier alpha value is -1.87. The molecule has 110 valence electrons. The smallest absolute Gasteiger partial charge is 0.137 e. The van der Waals surface area contributed by atoms with Crippen LogP contribution in [0.1, 0.15) is 12.0 Å². The second-order valence-electron chi connectivity index (χ2n) is 5.26. The molecule has 3 rings (SSSR count). The maximum absolute atomic E-state index is 6.09. The van der Waals surface area contributed by atoms with Crippen molar-refractivity contribution < 1.29 is 4.74 Å². The number of para-hydroxylation sites is 1. The Bertz CT molecular complexity index is 630. The van der Waals surface area contributed by atoms with Crippen LogP contribution in [0.15, 0.2) is 42.5 Å². The van der Waals surface area contributed by atoms with Crippen molar-refractivity contribution in [1.82, 2.24) is 0 Å². The molecule has 0 radical (unpaired) electrons. The number of benzene rings is 2. The molecule has 0 bridgehead atoms. The highest BCUT2D eigenvalue weighted by molar-refractivity contribution is 6.32. The van der Waals surface area contributed by atoms with E-state index in [9.17, 15) is 0 Å². The van der Waals surface area contributed by atoms with Crippen molar-refractivity contribution in [3.63, 3.8) is 0 Å². The molecule has 0 fully saturated rings. The van der Waals surface area contributed by atoms with Crippen LogP contribution in [0.2, 0.25) is 5.02 Å². The van der Waals surface area contributed by atoms with Gasteiger partial charge in [-0.15, -0.1) is 0 Å². The van der Waals surface area contributed by atoms with Crippen LogP contribution in [-0.2, 0) is 6.42 Å². The maximum Gasteiger partial charge on any atom is 0.137 e. The van der Waals surface area contributed by atoms with Crippen molar-refractivity contribution in [3.8, 4) is 5.75 Å². The van der Waals surface area contributed by atoms with Crippen LogP contribution in [0.25, 0.3) is 0 Å². The number of hydrogen-bond acceptors (Lipinski definition) is 3. The first kappa shape index (κ1) is 14.1. The van der Waals surface area contributed by atoms with Gasteiger partial charge in [-0.1, -0.05) is 23.7 Å². The van der Waals surface area contributed by atoms with Crippen LogP contribution in [0.4, 0.5) is 11.4 Å². The zero-order valence-corrected chi connectivity index (χ0v) is 12.6. The van der Waals surface area contributed by atoms with E-state index in [1.165, 1.54) is 11.3 Å². The Balaban J connectivity index is 1.63. The van der Waals surface area contributed by atoms with Crippen molar-refractivity contribution in [2.75, 3.05) is 30.3 Å². The lowest BCUT2D eigenvalue weighted by Gasteiger charge is -2.31. The average molecular weight is 303 g/mol. The van der Waals surface area contributed by atoms with Crippen molar-refractivity contribution in [2.24, 2.45) is 0 Å². The largest absolute Gasteiger partial charge is 0.490 e. The molecule has 2 aromatic carbocycles. The average Bonchev–Trinajstić information content (AvgIpc) is 2.49. The molecule has 2 aromatic rings. The first-order valence-electron chi connectivity index (χ1n) is 7.25. The van der Waals surface area contributed by atoms with Gasteiger partial charge in [-0.3, -0.25) is 0 Å². The molecular formula is C17H19ClN2O.